The molecule has 0 aromatic rings. The van der Waals surface area contributed by atoms with Crippen LogP contribution in [0.4, 0.5) is 0 Å². The van der Waals surface area contributed by atoms with Crippen LogP contribution in [0.5, 0.6) is 0 Å². The fraction of sp³-hybridized carbons (Fsp3) is 0.868. The van der Waals surface area contributed by atoms with E-state index < -0.39 is 17.9 Å². The second-order valence-corrected chi connectivity index (χ2v) is 16.3. The van der Waals surface area contributed by atoms with Crippen LogP contribution in [-0.4, -0.2) is 57.4 Å². The molecule has 0 atom stereocenters. The number of carboxylic acids is 2. The summed E-state index contributed by atoms with van der Waals surface area (Å²) in [5.41, 5.74) is 0.350. The first-order valence-electron chi connectivity index (χ1n) is 18.7. The van der Waals surface area contributed by atoms with Crippen molar-refractivity contribution in [1.29, 1.82) is 0 Å². The normalized spacial score (nSPS) is 9.78. The molecule has 0 spiro atoms. The summed E-state index contributed by atoms with van der Waals surface area (Å²) in [6.07, 6.45) is 28.2. The van der Waals surface area contributed by atoms with Crippen molar-refractivity contribution in [3.63, 3.8) is 0 Å². The zero-order valence-electron chi connectivity index (χ0n) is 30.9. The number of hydrogen-bond acceptors (Lipinski definition) is 7. The van der Waals surface area contributed by atoms with E-state index in [-0.39, 0.29) is 47.2 Å². The molecule has 0 aliphatic rings. The molecule has 272 valence electrons. The Labute approximate surface area is 295 Å². The molecule has 0 aliphatic carbocycles. The Kier molecular flexibility index (Phi) is 54.3. The Bertz CT molecular complexity index is 603. The van der Waals surface area contributed by atoms with E-state index in [4.69, 9.17) is 5.11 Å². The van der Waals surface area contributed by atoms with Gasteiger partial charge in [-0.25, -0.2) is 4.79 Å². The summed E-state index contributed by atoms with van der Waals surface area (Å²) in [5, 5.41) is 28.4. The van der Waals surface area contributed by atoms with Crippen molar-refractivity contribution in [1.82, 2.24) is 0 Å². The monoisotopic (exact) mass is 762 g/mol. The van der Waals surface area contributed by atoms with Gasteiger partial charge in [0.1, 0.15) is 6.61 Å². The molecule has 0 saturated carbocycles. The van der Waals surface area contributed by atoms with Crippen LogP contribution in [-0.2, 0) is 19.1 Å². The van der Waals surface area contributed by atoms with Gasteiger partial charge in [0, 0.05) is 17.5 Å². The molecule has 0 fully saturated rings. The van der Waals surface area contributed by atoms with Crippen LogP contribution < -0.4 is 10.2 Å². The van der Waals surface area contributed by atoms with Crippen LogP contribution in [0.2, 0.25) is 8.87 Å². The molecule has 0 saturated heterocycles. The minimum atomic E-state index is -0.909. The quantitative estimate of drug-likeness (QED) is 0.0351. The molecule has 0 rings (SSSR count). The molecule has 0 amide bonds. The number of unbranched alkanes of at least 4 members (excludes halogenated alkanes) is 18. The van der Waals surface area contributed by atoms with E-state index in [1.165, 1.54) is 116 Å². The fourth-order valence-electron chi connectivity index (χ4n) is 4.15. The summed E-state index contributed by atoms with van der Waals surface area (Å²) in [4.78, 5) is 30.7. The first kappa shape index (κ1) is 51.7. The second-order valence-electron chi connectivity index (χ2n) is 12.0. The average Bonchev–Trinajstić information content (AvgIpc) is 3.02. The zero-order valence-corrected chi connectivity index (χ0v) is 33.8. The summed E-state index contributed by atoms with van der Waals surface area (Å²) >= 11 is 0.149. The molecule has 0 bridgehead atoms. The first-order valence-corrected chi connectivity index (χ1v) is 22.7. The summed E-state index contributed by atoms with van der Waals surface area (Å²) in [6.45, 7) is 13.8. The van der Waals surface area contributed by atoms with E-state index in [9.17, 15) is 24.6 Å². The number of aliphatic hydroxyl groups excluding tert-OH is 1. The molecule has 0 aromatic heterocycles. The zero-order chi connectivity index (χ0) is 35.5. The van der Waals surface area contributed by atoms with Gasteiger partial charge in [0.05, 0.1) is 6.61 Å². The second kappa shape index (κ2) is 48.3. The average molecular weight is 762 g/mol. The van der Waals surface area contributed by atoms with Crippen LogP contribution in [0.1, 0.15) is 189 Å². The van der Waals surface area contributed by atoms with E-state index in [0.717, 1.165) is 25.7 Å². The third-order valence-corrected chi connectivity index (χ3v) is 11.1. The van der Waals surface area contributed by atoms with E-state index in [1.807, 2.05) is 0 Å². The summed E-state index contributed by atoms with van der Waals surface area (Å²) in [7, 11) is 0. The third kappa shape index (κ3) is 61.8. The molecule has 0 aromatic carbocycles. The Hall–Kier alpha value is -1.09. The van der Waals surface area contributed by atoms with Gasteiger partial charge in [-0.3, -0.25) is 0 Å². The molecule has 0 radical (unpaired) electrons. The van der Waals surface area contributed by atoms with Crippen molar-refractivity contribution in [2.45, 2.75) is 198 Å². The van der Waals surface area contributed by atoms with Gasteiger partial charge in [0.15, 0.2) is 0 Å². The number of carbonyl (C=O) groups is 3. The van der Waals surface area contributed by atoms with E-state index >= 15 is 0 Å². The van der Waals surface area contributed by atoms with E-state index in [1.54, 1.807) is 15.8 Å². The predicted octanol–water partition coefficient (Wildman–Crippen LogP) is 8.54. The minimum absolute atomic E-state index is 0.0473. The molecular weight excluding hydrogens is 687 g/mol. The van der Waals surface area contributed by atoms with Gasteiger partial charge in [0.2, 0.25) is 0 Å². The van der Waals surface area contributed by atoms with Crippen molar-refractivity contribution in [2.75, 3.05) is 13.2 Å². The van der Waals surface area contributed by atoms with Crippen molar-refractivity contribution in [3.05, 3.63) is 12.2 Å². The molecular formula is C38H74O7Sn. The molecule has 46 heavy (non-hydrogen) atoms. The van der Waals surface area contributed by atoms with Crippen LogP contribution in [0.15, 0.2) is 12.2 Å². The number of carboxylic acid groups (broad SMARTS) is 2. The number of aliphatic carboxylic acids is 2. The molecule has 0 aliphatic heterocycles. The predicted molar refractivity (Wildman–Crippen MR) is 192 cm³/mol. The van der Waals surface area contributed by atoms with Gasteiger partial charge < -0.3 is 29.6 Å². The Morgan fingerprint density at radius 3 is 1.13 bits per heavy atom. The van der Waals surface area contributed by atoms with Crippen LogP contribution >= 0.6 is 0 Å². The Morgan fingerprint density at radius 2 is 0.870 bits per heavy atom. The van der Waals surface area contributed by atoms with Crippen molar-refractivity contribution in [3.8, 4) is 0 Å². The fourth-order valence-corrected chi connectivity index (χ4v) is 8.31. The molecule has 8 heteroatoms. The number of carbonyl (C=O) groups excluding carboxylic acids is 3. The van der Waals surface area contributed by atoms with Crippen LogP contribution in [0.3, 0.4) is 0 Å². The van der Waals surface area contributed by atoms with Crippen molar-refractivity contribution in [2.24, 2.45) is 0 Å². The molecule has 7 nitrogen and oxygen atoms in total. The van der Waals surface area contributed by atoms with Gasteiger partial charge in [-0.05, 0) is 32.6 Å². The third-order valence-electron chi connectivity index (χ3n) is 7.06. The SMILES string of the molecule is C=C(C)C(=O)OCCO.CCCCCCCCCCCC(=O)[O-].CCCCCCCCCCCC(=O)[O-].CCC[CH2][Sn+2][CH2]CCC. The number of rotatable bonds is 29. The van der Waals surface area contributed by atoms with Gasteiger partial charge >= 0.3 is 75.5 Å². The summed E-state index contributed by atoms with van der Waals surface area (Å²) < 4.78 is 7.71. The maximum absolute atomic E-state index is 10.5. The maximum atomic E-state index is 10.5. The van der Waals surface area contributed by atoms with Crippen LogP contribution in [0, 0.1) is 0 Å². The van der Waals surface area contributed by atoms with Gasteiger partial charge in [0.25, 0.3) is 0 Å². The van der Waals surface area contributed by atoms with Gasteiger partial charge in [-0.15, -0.1) is 0 Å². The van der Waals surface area contributed by atoms with Gasteiger partial charge in [-0.1, -0.05) is 123 Å². The summed E-state index contributed by atoms with van der Waals surface area (Å²) in [5.74, 6) is -2.27. The number of aliphatic hydroxyl groups is 1. The number of ether oxygens (including phenoxy) is 1. The van der Waals surface area contributed by atoms with Crippen molar-refractivity contribution < 1.29 is 34.4 Å². The van der Waals surface area contributed by atoms with E-state index in [0.29, 0.717) is 5.57 Å². The topological polar surface area (TPSA) is 127 Å². The summed E-state index contributed by atoms with van der Waals surface area (Å²) in [6, 6.07) is 0. The molecule has 1 N–H and O–H groups in total. The standard InChI is InChI=1S/2C12H24O2.C6H10O3.2C4H9.Sn/c2*1-2-3-4-5-6-7-8-9-10-11-12(13)14;1-5(2)6(8)9-4-3-7;2*1-3-4-2;/h2*2-11H2,1H3,(H,13,14);7H,1,3-4H2,2H3;2*1,3-4H2,2H3;/q;;;;;+2/p-2. The number of hydrogen-bond donors (Lipinski definition) is 1. The van der Waals surface area contributed by atoms with Crippen LogP contribution in [0.25, 0.3) is 0 Å². The first-order chi connectivity index (χ1) is 22.1. The molecule has 0 heterocycles. The Morgan fingerprint density at radius 1 is 0.565 bits per heavy atom. The Balaban J connectivity index is -0.000000261. The molecule has 0 unspecified atom stereocenters. The van der Waals surface area contributed by atoms with Crippen molar-refractivity contribution >= 4 is 39.1 Å². The van der Waals surface area contributed by atoms with E-state index in [2.05, 4.69) is 39.0 Å². The number of esters is 1. The van der Waals surface area contributed by atoms with Gasteiger partial charge in [-0.2, -0.15) is 0 Å².